The molecule has 0 aromatic heterocycles. The minimum atomic E-state index is -3.58. The molecule has 0 radical (unpaired) electrons. The Balaban J connectivity index is 1.91. The number of hydrogen-bond donors (Lipinski definition) is 2. The Morgan fingerprint density at radius 1 is 1.43 bits per heavy atom. The first kappa shape index (κ1) is 14.5. The van der Waals surface area contributed by atoms with Gasteiger partial charge in [0.1, 0.15) is 0 Å². The van der Waals surface area contributed by atoms with Crippen LogP contribution in [0.4, 0.5) is 5.69 Å². The van der Waals surface area contributed by atoms with Crippen LogP contribution < -0.4 is 11.1 Å². The number of amides is 1. The molecule has 21 heavy (non-hydrogen) atoms. The highest BCUT2D eigenvalue weighted by molar-refractivity contribution is 7.89. The summed E-state index contributed by atoms with van der Waals surface area (Å²) >= 11 is 0. The van der Waals surface area contributed by atoms with E-state index in [9.17, 15) is 13.2 Å². The summed E-state index contributed by atoms with van der Waals surface area (Å²) in [5, 5.41) is 2.70. The lowest BCUT2D eigenvalue weighted by Crippen LogP contribution is -2.43. The zero-order chi connectivity index (χ0) is 15.2. The van der Waals surface area contributed by atoms with Gasteiger partial charge in [-0.15, -0.1) is 0 Å². The van der Waals surface area contributed by atoms with Gasteiger partial charge in [0, 0.05) is 25.3 Å². The van der Waals surface area contributed by atoms with E-state index in [1.165, 1.54) is 10.4 Å². The minimum absolute atomic E-state index is 0.106. The molecule has 1 amide bonds. The van der Waals surface area contributed by atoms with Gasteiger partial charge in [0.15, 0.2) is 0 Å². The van der Waals surface area contributed by atoms with Gasteiger partial charge in [0.25, 0.3) is 0 Å². The lowest BCUT2D eigenvalue weighted by atomic mass is 10.2. The topological polar surface area (TPSA) is 92.5 Å². The van der Waals surface area contributed by atoms with E-state index in [0.29, 0.717) is 18.2 Å². The van der Waals surface area contributed by atoms with Crippen LogP contribution in [0.2, 0.25) is 0 Å². The SMILES string of the molecule is CN(C(CN)C1CC1)S(=O)(=O)c1ccc2c(c1)CC(=O)N2. The molecule has 1 aromatic carbocycles. The van der Waals surface area contributed by atoms with Gasteiger partial charge in [-0.25, -0.2) is 8.42 Å². The van der Waals surface area contributed by atoms with Gasteiger partial charge in [0.2, 0.25) is 15.9 Å². The minimum Gasteiger partial charge on any atom is -0.329 e. The van der Waals surface area contributed by atoms with Crippen LogP contribution in [0, 0.1) is 5.92 Å². The smallest absolute Gasteiger partial charge is 0.243 e. The standard InChI is InChI=1S/C14H19N3O3S/c1-17(13(8-15)9-2-3-9)21(19,20)11-4-5-12-10(6-11)7-14(18)16-12/h4-6,9,13H,2-3,7-8,15H2,1H3,(H,16,18). The first-order chi connectivity index (χ1) is 9.93. The number of benzene rings is 1. The zero-order valence-corrected chi connectivity index (χ0v) is 12.7. The Morgan fingerprint density at radius 3 is 2.76 bits per heavy atom. The van der Waals surface area contributed by atoms with Gasteiger partial charge in [-0.3, -0.25) is 4.79 Å². The average molecular weight is 309 g/mol. The maximum Gasteiger partial charge on any atom is 0.243 e. The fraction of sp³-hybridized carbons (Fsp3) is 0.500. The van der Waals surface area contributed by atoms with Crippen LogP contribution in [0.5, 0.6) is 0 Å². The van der Waals surface area contributed by atoms with Crippen LogP contribution in [0.25, 0.3) is 0 Å². The van der Waals surface area contributed by atoms with Gasteiger partial charge >= 0.3 is 0 Å². The molecule has 1 aliphatic carbocycles. The average Bonchev–Trinajstić information content (AvgIpc) is 3.19. The molecule has 7 heteroatoms. The van der Waals surface area contributed by atoms with Crippen LogP contribution in [-0.4, -0.2) is 38.3 Å². The molecule has 1 aliphatic heterocycles. The fourth-order valence-corrected chi connectivity index (χ4v) is 4.31. The largest absolute Gasteiger partial charge is 0.329 e. The van der Waals surface area contributed by atoms with Crippen LogP contribution in [0.15, 0.2) is 23.1 Å². The zero-order valence-electron chi connectivity index (χ0n) is 11.9. The monoisotopic (exact) mass is 309 g/mol. The second-order valence-electron chi connectivity index (χ2n) is 5.71. The number of fused-ring (bicyclic) bond motifs is 1. The summed E-state index contributed by atoms with van der Waals surface area (Å²) in [6.45, 7) is 0.325. The summed E-state index contributed by atoms with van der Waals surface area (Å²) in [5.41, 5.74) is 7.16. The molecule has 0 bridgehead atoms. The number of sulfonamides is 1. The fourth-order valence-electron chi connectivity index (χ4n) is 2.83. The molecule has 1 fully saturated rings. The van der Waals surface area contributed by atoms with Crippen LogP contribution in [0.3, 0.4) is 0 Å². The van der Waals surface area contributed by atoms with Crippen molar-refractivity contribution >= 4 is 21.6 Å². The van der Waals surface area contributed by atoms with Crippen molar-refractivity contribution in [3.63, 3.8) is 0 Å². The maximum atomic E-state index is 12.7. The second kappa shape index (κ2) is 5.08. The number of nitrogens with two attached hydrogens (primary N) is 1. The Kier molecular flexibility index (Phi) is 3.51. The number of carbonyl (C=O) groups is 1. The molecule has 1 unspecified atom stereocenters. The molecular formula is C14H19N3O3S. The summed E-state index contributed by atoms with van der Waals surface area (Å²) < 4.78 is 26.8. The van der Waals surface area contributed by atoms with E-state index in [-0.39, 0.29) is 23.3 Å². The molecule has 3 rings (SSSR count). The lowest BCUT2D eigenvalue weighted by Gasteiger charge is -2.26. The number of rotatable bonds is 5. The van der Waals surface area contributed by atoms with Gasteiger partial charge in [-0.2, -0.15) is 4.31 Å². The number of nitrogens with zero attached hydrogens (tertiary/aromatic N) is 1. The second-order valence-corrected chi connectivity index (χ2v) is 7.70. The van der Waals surface area contributed by atoms with E-state index in [0.717, 1.165) is 18.4 Å². The molecule has 2 aliphatic rings. The lowest BCUT2D eigenvalue weighted by molar-refractivity contribution is -0.115. The van der Waals surface area contributed by atoms with E-state index in [1.54, 1.807) is 19.2 Å². The summed E-state index contributed by atoms with van der Waals surface area (Å²) in [6, 6.07) is 4.62. The summed E-state index contributed by atoms with van der Waals surface area (Å²) in [7, 11) is -1.99. The summed E-state index contributed by atoms with van der Waals surface area (Å²) in [6.07, 6.45) is 2.29. The van der Waals surface area contributed by atoms with Crippen molar-refractivity contribution in [2.75, 3.05) is 18.9 Å². The molecule has 1 heterocycles. The third-order valence-corrected chi connectivity index (χ3v) is 6.13. The molecule has 0 saturated heterocycles. The van der Waals surface area contributed by atoms with E-state index < -0.39 is 10.0 Å². The number of likely N-dealkylation sites (N-methyl/N-ethyl adjacent to an activating group) is 1. The highest BCUT2D eigenvalue weighted by Crippen LogP contribution is 2.36. The Morgan fingerprint density at radius 2 is 2.14 bits per heavy atom. The number of carbonyl (C=O) groups excluding carboxylic acids is 1. The van der Waals surface area contributed by atoms with Gasteiger partial charge in [0.05, 0.1) is 11.3 Å². The van der Waals surface area contributed by atoms with Crippen molar-refractivity contribution in [3.05, 3.63) is 23.8 Å². The van der Waals surface area contributed by atoms with Crippen LogP contribution in [0.1, 0.15) is 18.4 Å². The molecule has 1 atom stereocenters. The predicted octanol–water partition coefficient (Wildman–Crippen LogP) is 0.539. The van der Waals surface area contributed by atoms with Crippen molar-refractivity contribution in [2.45, 2.75) is 30.2 Å². The maximum absolute atomic E-state index is 12.7. The first-order valence-corrected chi connectivity index (χ1v) is 8.48. The molecule has 0 spiro atoms. The van der Waals surface area contributed by atoms with Crippen molar-refractivity contribution in [1.29, 1.82) is 0 Å². The Bertz CT molecular complexity index is 683. The molecule has 3 N–H and O–H groups in total. The van der Waals surface area contributed by atoms with Crippen LogP contribution >= 0.6 is 0 Å². The Labute approximate surface area is 124 Å². The summed E-state index contributed by atoms with van der Waals surface area (Å²) in [4.78, 5) is 11.6. The van der Waals surface area contributed by atoms with Gasteiger partial charge < -0.3 is 11.1 Å². The number of nitrogens with one attached hydrogen (secondary N) is 1. The van der Waals surface area contributed by atoms with Crippen molar-refractivity contribution in [2.24, 2.45) is 11.7 Å². The Hall–Kier alpha value is -1.44. The highest BCUT2D eigenvalue weighted by atomic mass is 32.2. The molecule has 1 saturated carbocycles. The van der Waals surface area contributed by atoms with Gasteiger partial charge in [-0.05, 0) is 42.5 Å². The molecule has 6 nitrogen and oxygen atoms in total. The normalized spacial score (nSPS) is 19.5. The molecule has 1 aromatic rings. The van der Waals surface area contributed by atoms with Crippen LogP contribution in [-0.2, 0) is 21.2 Å². The number of hydrogen-bond acceptors (Lipinski definition) is 4. The molecule has 114 valence electrons. The first-order valence-electron chi connectivity index (χ1n) is 7.04. The van der Waals surface area contributed by atoms with Crippen molar-refractivity contribution < 1.29 is 13.2 Å². The van der Waals surface area contributed by atoms with E-state index in [2.05, 4.69) is 5.32 Å². The predicted molar refractivity (Wildman–Crippen MR) is 79.3 cm³/mol. The van der Waals surface area contributed by atoms with Crippen molar-refractivity contribution in [1.82, 2.24) is 4.31 Å². The number of anilines is 1. The quantitative estimate of drug-likeness (QED) is 0.830. The van der Waals surface area contributed by atoms with E-state index >= 15 is 0 Å². The third-order valence-electron chi connectivity index (χ3n) is 4.25. The van der Waals surface area contributed by atoms with E-state index in [4.69, 9.17) is 5.73 Å². The van der Waals surface area contributed by atoms with E-state index in [1.807, 2.05) is 0 Å². The third kappa shape index (κ3) is 2.56. The molecular weight excluding hydrogens is 290 g/mol. The van der Waals surface area contributed by atoms with Crippen molar-refractivity contribution in [3.8, 4) is 0 Å². The summed E-state index contributed by atoms with van der Waals surface area (Å²) in [5.74, 6) is 0.262. The van der Waals surface area contributed by atoms with Gasteiger partial charge in [-0.1, -0.05) is 0 Å². The highest BCUT2D eigenvalue weighted by Gasteiger charge is 2.38.